The molecule has 1 fully saturated rings. The molecule has 0 amide bonds. The van der Waals surface area contributed by atoms with E-state index < -0.39 is 0 Å². The number of thiophene rings is 1. The maximum absolute atomic E-state index is 12.5. The van der Waals surface area contributed by atoms with Crippen molar-refractivity contribution in [3.8, 4) is 0 Å². The Morgan fingerprint density at radius 2 is 1.94 bits per heavy atom. The first-order valence-electron chi connectivity index (χ1n) is 5.88. The van der Waals surface area contributed by atoms with Crippen LogP contribution >= 0.6 is 11.3 Å². The highest BCUT2D eigenvalue weighted by Gasteiger charge is 2.51. The van der Waals surface area contributed by atoms with Crippen molar-refractivity contribution in [2.75, 3.05) is 0 Å². The van der Waals surface area contributed by atoms with Gasteiger partial charge in [0.25, 0.3) is 0 Å². The Morgan fingerprint density at radius 1 is 1.24 bits per heavy atom. The van der Waals surface area contributed by atoms with Gasteiger partial charge in [-0.3, -0.25) is 4.79 Å². The van der Waals surface area contributed by atoms with Crippen molar-refractivity contribution in [2.24, 2.45) is 0 Å². The Labute approximate surface area is 105 Å². The molecule has 17 heavy (non-hydrogen) atoms. The van der Waals surface area contributed by atoms with E-state index >= 15 is 0 Å². The molecule has 1 aliphatic carbocycles. The summed E-state index contributed by atoms with van der Waals surface area (Å²) in [5.41, 5.74) is 1.84. The Balaban J connectivity index is 1.97. The summed E-state index contributed by atoms with van der Waals surface area (Å²) < 4.78 is 0. The summed E-state index contributed by atoms with van der Waals surface area (Å²) in [7, 11) is 0. The number of carbonyl (C=O) groups excluding carboxylic acids is 1. The highest BCUT2D eigenvalue weighted by atomic mass is 32.1. The monoisotopic (exact) mass is 242 g/mol. The standard InChI is InChI=1S/C15H14OS/c1-11-9-12(10-17-11)14(16)15(7-8-15)13-5-3-2-4-6-13/h2-6,9-10H,7-8H2,1H3. The van der Waals surface area contributed by atoms with E-state index in [2.05, 4.69) is 12.1 Å². The van der Waals surface area contributed by atoms with Crippen molar-refractivity contribution < 1.29 is 4.79 Å². The van der Waals surface area contributed by atoms with E-state index in [4.69, 9.17) is 0 Å². The highest BCUT2D eigenvalue weighted by molar-refractivity contribution is 7.10. The fraction of sp³-hybridized carbons (Fsp3) is 0.267. The van der Waals surface area contributed by atoms with E-state index in [1.165, 1.54) is 10.4 Å². The van der Waals surface area contributed by atoms with Gasteiger partial charge < -0.3 is 0 Å². The van der Waals surface area contributed by atoms with Gasteiger partial charge in [0.05, 0.1) is 5.41 Å². The van der Waals surface area contributed by atoms with Gasteiger partial charge in [-0.25, -0.2) is 0 Å². The largest absolute Gasteiger partial charge is 0.293 e. The minimum atomic E-state index is -0.214. The fourth-order valence-corrected chi connectivity index (χ4v) is 3.05. The lowest BCUT2D eigenvalue weighted by atomic mass is 9.88. The normalized spacial score (nSPS) is 16.8. The van der Waals surface area contributed by atoms with Gasteiger partial charge in [-0.15, -0.1) is 11.3 Å². The molecule has 1 saturated carbocycles. The fourth-order valence-electron chi connectivity index (χ4n) is 2.37. The van der Waals surface area contributed by atoms with Crippen molar-refractivity contribution in [3.05, 3.63) is 57.8 Å². The van der Waals surface area contributed by atoms with E-state index in [-0.39, 0.29) is 5.41 Å². The molecule has 0 bridgehead atoms. The summed E-state index contributed by atoms with van der Waals surface area (Å²) in [6.07, 6.45) is 1.98. The molecule has 2 aromatic rings. The van der Waals surface area contributed by atoms with Gasteiger partial charge in [0, 0.05) is 15.8 Å². The van der Waals surface area contributed by atoms with Crippen LogP contribution in [0.2, 0.25) is 0 Å². The van der Waals surface area contributed by atoms with Gasteiger partial charge in [-0.05, 0) is 31.4 Å². The average molecular weight is 242 g/mol. The zero-order valence-corrected chi connectivity index (χ0v) is 10.6. The third-order valence-corrected chi connectivity index (χ3v) is 4.37. The molecule has 0 spiro atoms. The van der Waals surface area contributed by atoms with Crippen molar-refractivity contribution >= 4 is 17.1 Å². The first-order valence-corrected chi connectivity index (χ1v) is 6.76. The molecular weight excluding hydrogens is 228 g/mol. The summed E-state index contributed by atoms with van der Waals surface area (Å²) in [6.45, 7) is 2.05. The molecule has 1 heterocycles. The number of benzene rings is 1. The molecule has 1 aromatic heterocycles. The maximum Gasteiger partial charge on any atom is 0.174 e. The molecule has 0 N–H and O–H groups in total. The first kappa shape index (κ1) is 10.7. The lowest BCUT2D eigenvalue weighted by molar-refractivity contribution is 0.0946. The van der Waals surface area contributed by atoms with Crippen LogP contribution in [-0.2, 0) is 5.41 Å². The first-order chi connectivity index (χ1) is 8.22. The van der Waals surface area contributed by atoms with Crippen LogP contribution in [0.25, 0.3) is 0 Å². The van der Waals surface area contributed by atoms with E-state index in [0.29, 0.717) is 5.78 Å². The Hall–Kier alpha value is -1.41. The second-order valence-corrected chi connectivity index (χ2v) is 5.84. The number of carbonyl (C=O) groups is 1. The predicted octanol–water partition coefficient (Wildman–Crippen LogP) is 3.97. The van der Waals surface area contributed by atoms with Crippen LogP contribution in [0.1, 0.15) is 33.6 Å². The molecule has 3 rings (SSSR count). The summed E-state index contributed by atoms with van der Waals surface area (Å²) in [5, 5.41) is 1.99. The number of hydrogen-bond donors (Lipinski definition) is 0. The van der Waals surface area contributed by atoms with Gasteiger partial charge in [0.1, 0.15) is 0 Å². The van der Waals surface area contributed by atoms with E-state index in [1.54, 1.807) is 11.3 Å². The van der Waals surface area contributed by atoms with Crippen molar-refractivity contribution in [1.82, 2.24) is 0 Å². The van der Waals surface area contributed by atoms with Crippen molar-refractivity contribution in [2.45, 2.75) is 25.2 Å². The molecule has 1 nitrogen and oxygen atoms in total. The second-order valence-electron chi connectivity index (χ2n) is 4.72. The molecule has 86 valence electrons. The number of rotatable bonds is 3. The van der Waals surface area contributed by atoms with Gasteiger partial charge in [-0.2, -0.15) is 0 Å². The highest BCUT2D eigenvalue weighted by Crippen LogP contribution is 2.50. The quantitative estimate of drug-likeness (QED) is 0.744. The van der Waals surface area contributed by atoms with Gasteiger partial charge in [0.15, 0.2) is 5.78 Å². The van der Waals surface area contributed by atoms with Crippen molar-refractivity contribution in [1.29, 1.82) is 0 Å². The summed E-state index contributed by atoms with van der Waals surface area (Å²) in [5.74, 6) is 0.299. The molecule has 0 aliphatic heterocycles. The van der Waals surface area contributed by atoms with E-state index in [1.807, 2.05) is 36.6 Å². The number of ketones is 1. The Morgan fingerprint density at radius 3 is 2.47 bits per heavy atom. The Bertz CT molecular complexity index is 549. The van der Waals surface area contributed by atoms with Crippen LogP contribution in [0.15, 0.2) is 41.8 Å². The molecular formula is C15H14OS. The third kappa shape index (κ3) is 1.73. The van der Waals surface area contributed by atoms with Crippen molar-refractivity contribution in [3.63, 3.8) is 0 Å². The van der Waals surface area contributed by atoms with Crippen LogP contribution in [0.5, 0.6) is 0 Å². The zero-order chi connectivity index (χ0) is 11.9. The van der Waals surface area contributed by atoms with Gasteiger partial charge in [-0.1, -0.05) is 30.3 Å². The summed E-state index contributed by atoms with van der Waals surface area (Å²) >= 11 is 1.65. The van der Waals surface area contributed by atoms with Crippen LogP contribution in [0.4, 0.5) is 0 Å². The Kier molecular flexibility index (Phi) is 2.40. The number of hydrogen-bond acceptors (Lipinski definition) is 2. The second kappa shape index (κ2) is 3.81. The summed E-state index contributed by atoms with van der Waals surface area (Å²) in [6, 6.07) is 12.2. The molecule has 1 aromatic carbocycles. The van der Waals surface area contributed by atoms with Gasteiger partial charge in [0.2, 0.25) is 0 Å². The smallest absolute Gasteiger partial charge is 0.174 e. The SMILES string of the molecule is Cc1cc(C(=O)C2(c3ccccc3)CC2)cs1. The topological polar surface area (TPSA) is 17.1 Å². The molecule has 0 atom stereocenters. The summed E-state index contributed by atoms with van der Waals surface area (Å²) in [4.78, 5) is 13.8. The third-order valence-electron chi connectivity index (χ3n) is 3.50. The number of aryl methyl sites for hydroxylation is 1. The number of Topliss-reactive ketones (excluding diaryl/α,β-unsaturated/α-hetero) is 1. The van der Waals surface area contributed by atoms with Gasteiger partial charge >= 0.3 is 0 Å². The minimum absolute atomic E-state index is 0.214. The minimum Gasteiger partial charge on any atom is -0.293 e. The average Bonchev–Trinajstić information content (AvgIpc) is 3.07. The molecule has 0 saturated heterocycles. The maximum atomic E-state index is 12.5. The van der Waals surface area contributed by atoms with Crippen LogP contribution in [-0.4, -0.2) is 5.78 Å². The molecule has 2 heteroatoms. The molecule has 1 aliphatic rings. The lowest BCUT2D eigenvalue weighted by Crippen LogP contribution is -2.19. The van der Waals surface area contributed by atoms with Crippen LogP contribution in [0, 0.1) is 6.92 Å². The van der Waals surface area contributed by atoms with Crippen LogP contribution in [0.3, 0.4) is 0 Å². The van der Waals surface area contributed by atoms with E-state index in [9.17, 15) is 4.79 Å². The molecule has 0 radical (unpaired) electrons. The lowest BCUT2D eigenvalue weighted by Gasteiger charge is -2.13. The predicted molar refractivity (Wildman–Crippen MR) is 70.7 cm³/mol. The zero-order valence-electron chi connectivity index (χ0n) is 9.77. The van der Waals surface area contributed by atoms with E-state index in [0.717, 1.165) is 18.4 Å². The van der Waals surface area contributed by atoms with Crippen LogP contribution < -0.4 is 0 Å². The molecule has 0 unspecified atom stereocenters.